The highest BCUT2D eigenvalue weighted by Crippen LogP contribution is 2.60. The first-order valence-corrected chi connectivity index (χ1v) is 11.2. The molecule has 142 valence electrons. The van der Waals surface area contributed by atoms with Gasteiger partial charge in [0.2, 0.25) is 0 Å². The molecular weight excluding hydrogens is 374 g/mol. The van der Waals surface area contributed by atoms with Crippen LogP contribution >= 0.6 is 11.6 Å². The second kappa shape index (κ2) is 6.80. The highest BCUT2D eigenvalue weighted by Gasteiger charge is 2.51. The summed E-state index contributed by atoms with van der Waals surface area (Å²) in [7, 11) is -4.10. The van der Waals surface area contributed by atoms with E-state index in [2.05, 4.69) is 0 Å². The van der Waals surface area contributed by atoms with Crippen LogP contribution in [0.1, 0.15) is 48.9 Å². The van der Waals surface area contributed by atoms with Crippen LogP contribution in [0.25, 0.3) is 0 Å². The number of carbonyl (C=O) groups is 1. The molecule has 26 heavy (non-hydrogen) atoms. The van der Waals surface area contributed by atoms with E-state index < -0.39 is 20.8 Å². The van der Waals surface area contributed by atoms with Crippen LogP contribution < -0.4 is 4.72 Å². The fourth-order valence-corrected chi connectivity index (χ4v) is 6.54. The van der Waals surface area contributed by atoms with Gasteiger partial charge in [0.1, 0.15) is 0 Å². The number of hydrogen-bond donors (Lipinski definition) is 1. The van der Waals surface area contributed by atoms with Crippen molar-refractivity contribution < 1.29 is 17.9 Å². The molecule has 1 aromatic carbocycles. The number of carbonyl (C=O) groups excluding carboxylic acids is 1. The maximum absolute atomic E-state index is 12.3. The molecule has 0 aliphatic heterocycles. The number of ether oxygens (including phenoxy) is 1. The smallest absolute Gasteiger partial charge is 0.277 e. The third kappa shape index (κ3) is 3.64. The van der Waals surface area contributed by atoms with Gasteiger partial charge in [-0.25, -0.2) is 13.1 Å². The SMILES string of the molecule is O=C(NS(=O)(=O)C(Cl)OCC12CC3CC(CC(C3)C1)C2)c1ccccc1. The van der Waals surface area contributed by atoms with Crippen LogP contribution in [-0.2, 0) is 14.8 Å². The number of alkyl halides is 1. The predicted octanol–water partition coefficient (Wildman–Crippen LogP) is 3.50. The van der Waals surface area contributed by atoms with Gasteiger partial charge in [-0.05, 0) is 73.8 Å². The number of rotatable bonds is 6. The van der Waals surface area contributed by atoms with Crippen LogP contribution in [0.4, 0.5) is 0 Å². The lowest BCUT2D eigenvalue weighted by atomic mass is 9.50. The zero-order valence-corrected chi connectivity index (χ0v) is 16.1. The molecule has 1 amide bonds. The molecule has 4 aliphatic rings. The van der Waals surface area contributed by atoms with Gasteiger partial charge >= 0.3 is 0 Å². The topological polar surface area (TPSA) is 72.5 Å². The van der Waals surface area contributed by atoms with Gasteiger partial charge in [0.25, 0.3) is 20.8 Å². The average Bonchev–Trinajstić information content (AvgIpc) is 2.59. The van der Waals surface area contributed by atoms with Gasteiger partial charge in [0, 0.05) is 5.56 Å². The molecule has 1 aromatic rings. The Morgan fingerprint density at radius 2 is 1.65 bits per heavy atom. The van der Waals surface area contributed by atoms with Crippen LogP contribution in [0.3, 0.4) is 0 Å². The number of halogens is 1. The molecule has 0 aromatic heterocycles. The first-order chi connectivity index (χ1) is 12.4. The summed E-state index contributed by atoms with van der Waals surface area (Å²) < 4.78 is 32.3. The van der Waals surface area contributed by atoms with Crippen molar-refractivity contribution in [2.45, 2.75) is 43.4 Å². The molecule has 4 bridgehead atoms. The van der Waals surface area contributed by atoms with E-state index in [9.17, 15) is 13.2 Å². The van der Waals surface area contributed by atoms with Crippen LogP contribution in [0.5, 0.6) is 0 Å². The van der Waals surface area contributed by atoms with Crippen LogP contribution in [0.15, 0.2) is 30.3 Å². The second-order valence-corrected chi connectivity index (χ2v) is 10.7. The maximum atomic E-state index is 12.3. The molecule has 0 saturated heterocycles. The van der Waals surface area contributed by atoms with Crippen molar-refractivity contribution in [2.75, 3.05) is 6.61 Å². The highest BCUT2D eigenvalue weighted by atomic mass is 35.5. The van der Waals surface area contributed by atoms with Crippen molar-refractivity contribution >= 4 is 27.5 Å². The Balaban J connectivity index is 1.37. The minimum absolute atomic E-state index is 0.0703. The Bertz CT molecular complexity index is 745. The normalized spacial score (nSPS) is 33.8. The van der Waals surface area contributed by atoms with Crippen molar-refractivity contribution in [3.63, 3.8) is 0 Å². The molecule has 1 N–H and O–H groups in total. The molecule has 5 nitrogen and oxygen atoms in total. The standard InChI is InChI=1S/C19H24ClNO4S/c20-18(26(23,24)21-17(22)16-4-2-1-3-5-16)25-12-19-9-13-6-14(10-19)8-15(7-13)11-19/h1-5,13-15,18H,6-12H2,(H,21,22). The van der Waals surface area contributed by atoms with Crippen molar-refractivity contribution in [1.82, 2.24) is 4.72 Å². The summed E-state index contributed by atoms with van der Waals surface area (Å²) in [6.45, 7) is 0.352. The van der Waals surface area contributed by atoms with E-state index in [-0.39, 0.29) is 11.0 Å². The largest absolute Gasteiger partial charge is 0.347 e. The first kappa shape index (κ1) is 18.3. The molecule has 7 heteroatoms. The predicted molar refractivity (Wildman–Crippen MR) is 99.0 cm³/mol. The molecule has 5 rings (SSSR count). The van der Waals surface area contributed by atoms with E-state index in [1.165, 1.54) is 19.3 Å². The fraction of sp³-hybridized carbons (Fsp3) is 0.632. The maximum Gasteiger partial charge on any atom is 0.277 e. The van der Waals surface area contributed by atoms with E-state index in [4.69, 9.17) is 16.3 Å². The van der Waals surface area contributed by atoms with E-state index in [0.717, 1.165) is 37.0 Å². The van der Waals surface area contributed by atoms with Crippen molar-refractivity contribution in [2.24, 2.45) is 23.2 Å². The van der Waals surface area contributed by atoms with Gasteiger partial charge in [-0.1, -0.05) is 29.8 Å². The first-order valence-electron chi connectivity index (χ1n) is 9.22. The van der Waals surface area contributed by atoms with E-state index in [1.54, 1.807) is 30.3 Å². The lowest BCUT2D eigenvalue weighted by Gasteiger charge is -2.56. The Morgan fingerprint density at radius 1 is 1.12 bits per heavy atom. The van der Waals surface area contributed by atoms with Crippen LogP contribution in [0, 0.1) is 23.2 Å². The fourth-order valence-electron chi connectivity index (χ4n) is 5.62. The number of sulfonamides is 1. The van der Waals surface area contributed by atoms with Gasteiger partial charge in [-0.2, -0.15) is 0 Å². The van der Waals surface area contributed by atoms with Crippen molar-refractivity contribution in [3.8, 4) is 0 Å². The lowest BCUT2D eigenvalue weighted by molar-refractivity contribution is -0.0942. The quantitative estimate of drug-likeness (QED) is 0.745. The van der Waals surface area contributed by atoms with Crippen molar-refractivity contribution in [3.05, 3.63) is 35.9 Å². The number of hydrogen-bond acceptors (Lipinski definition) is 4. The minimum Gasteiger partial charge on any atom is -0.347 e. The molecule has 1 unspecified atom stereocenters. The Hall–Kier alpha value is -1.11. The third-order valence-corrected chi connectivity index (χ3v) is 8.12. The summed E-state index contributed by atoms with van der Waals surface area (Å²) in [5.74, 6) is 1.57. The molecular formula is C19H24ClNO4S. The van der Waals surface area contributed by atoms with E-state index in [1.807, 2.05) is 4.72 Å². The summed E-state index contributed by atoms with van der Waals surface area (Å²) in [6, 6.07) is 8.19. The molecule has 1 atom stereocenters. The summed E-state index contributed by atoms with van der Waals surface area (Å²) in [5.41, 5.74) is 0.335. The summed E-state index contributed by atoms with van der Waals surface area (Å²) >= 11 is 6.02. The van der Waals surface area contributed by atoms with Gasteiger partial charge in [0.05, 0.1) is 6.61 Å². The molecule has 0 radical (unpaired) electrons. The van der Waals surface area contributed by atoms with Crippen LogP contribution in [-0.4, -0.2) is 25.8 Å². The third-order valence-electron chi connectivity index (χ3n) is 6.20. The second-order valence-electron chi connectivity index (χ2n) is 8.35. The average molecular weight is 398 g/mol. The van der Waals surface area contributed by atoms with Gasteiger partial charge in [-0.3, -0.25) is 4.79 Å². The Kier molecular flexibility index (Phi) is 4.78. The highest BCUT2D eigenvalue weighted by molar-refractivity contribution is 7.91. The van der Waals surface area contributed by atoms with Gasteiger partial charge < -0.3 is 4.74 Å². The Morgan fingerprint density at radius 3 is 2.19 bits per heavy atom. The molecule has 4 fully saturated rings. The van der Waals surface area contributed by atoms with Gasteiger partial charge in [0.15, 0.2) is 0 Å². The van der Waals surface area contributed by atoms with E-state index >= 15 is 0 Å². The summed E-state index contributed by atoms with van der Waals surface area (Å²) in [6.07, 6.45) is 7.27. The summed E-state index contributed by atoms with van der Waals surface area (Å²) in [5, 5.41) is 0. The summed E-state index contributed by atoms with van der Waals surface area (Å²) in [4.78, 5) is 10.5. The zero-order valence-electron chi connectivity index (χ0n) is 14.6. The number of amides is 1. The minimum atomic E-state index is -4.10. The molecule has 4 aliphatic carbocycles. The van der Waals surface area contributed by atoms with Crippen LogP contribution in [0.2, 0.25) is 0 Å². The Labute approximate surface area is 159 Å². The molecule has 0 spiro atoms. The number of nitrogens with one attached hydrogen (secondary N) is 1. The van der Waals surface area contributed by atoms with E-state index in [0.29, 0.717) is 6.61 Å². The molecule has 0 heterocycles. The zero-order chi connectivity index (χ0) is 18.4. The lowest BCUT2D eigenvalue weighted by Crippen LogP contribution is -2.49. The monoisotopic (exact) mass is 397 g/mol. The molecule has 4 saturated carbocycles. The van der Waals surface area contributed by atoms with Crippen molar-refractivity contribution in [1.29, 1.82) is 0 Å². The van der Waals surface area contributed by atoms with Gasteiger partial charge in [-0.15, -0.1) is 0 Å². The number of benzene rings is 1.